The van der Waals surface area contributed by atoms with Crippen LogP contribution in [0.1, 0.15) is 5.56 Å². The lowest BCUT2D eigenvalue weighted by Gasteiger charge is -1.94. The molecule has 0 N–H and O–H groups in total. The molecule has 0 aliphatic rings. The molecule has 7 heteroatoms. The van der Waals surface area contributed by atoms with E-state index in [1.165, 1.54) is 12.1 Å². The van der Waals surface area contributed by atoms with Crippen molar-refractivity contribution in [3.8, 4) is 11.5 Å². The van der Waals surface area contributed by atoms with E-state index in [4.69, 9.17) is 16.0 Å². The van der Waals surface area contributed by atoms with Crippen molar-refractivity contribution in [3.05, 3.63) is 93.5 Å². The van der Waals surface area contributed by atoms with E-state index in [1.807, 2.05) is 30.3 Å². The minimum absolute atomic E-state index is 0.0519. The van der Waals surface area contributed by atoms with Crippen LogP contribution in [0.3, 0.4) is 0 Å². The average Bonchev–Trinajstić information content (AvgIpc) is 3.15. The number of aliphatic imine (C=N–C) groups is 1. The molecule has 4 aromatic rings. The first-order valence-electron chi connectivity index (χ1n) is 8.70. The lowest BCUT2D eigenvalue weighted by Crippen LogP contribution is -1.87. The maximum absolute atomic E-state index is 10.8. The van der Waals surface area contributed by atoms with Crippen LogP contribution in [-0.4, -0.2) is 16.1 Å². The number of rotatable bonds is 5. The summed E-state index contributed by atoms with van der Waals surface area (Å²) in [5, 5.41) is 11.4. The number of aromatic nitrogens is 1. The van der Waals surface area contributed by atoms with Gasteiger partial charge in [0.2, 0.25) is 5.89 Å². The zero-order valence-electron chi connectivity index (χ0n) is 15.0. The summed E-state index contributed by atoms with van der Waals surface area (Å²) in [5.74, 6) is 0.495. The van der Waals surface area contributed by atoms with E-state index < -0.39 is 4.92 Å². The summed E-state index contributed by atoms with van der Waals surface area (Å²) < 4.78 is 5.79. The van der Waals surface area contributed by atoms with Crippen LogP contribution >= 0.6 is 11.6 Å². The summed E-state index contributed by atoms with van der Waals surface area (Å²) in [7, 11) is 0. The lowest BCUT2D eigenvalue weighted by atomic mass is 10.2. The summed E-state index contributed by atoms with van der Waals surface area (Å²) in [4.78, 5) is 19.3. The molecular formula is C22H14ClN3O3. The smallest absolute Gasteiger partial charge is 0.270 e. The van der Waals surface area contributed by atoms with Crippen LogP contribution in [0.15, 0.2) is 82.2 Å². The Morgan fingerprint density at radius 1 is 1.07 bits per heavy atom. The fraction of sp³-hybridized carbons (Fsp3) is 0. The predicted molar refractivity (Wildman–Crippen MR) is 115 cm³/mol. The maximum Gasteiger partial charge on any atom is 0.270 e. The van der Waals surface area contributed by atoms with E-state index in [1.54, 1.807) is 42.6 Å². The van der Waals surface area contributed by atoms with Crippen molar-refractivity contribution in [1.82, 2.24) is 4.98 Å². The van der Waals surface area contributed by atoms with Crippen molar-refractivity contribution in [3.63, 3.8) is 0 Å². The molecule has 0 saturated heterocycles. The van der Waals surface area contributed by atoms with Crippen LogP contribution in [-0.2, 0) is 0 Å². The molecule has 0 aliphatic carbocycles. The van der Waals surface area contributed by atoms with Gasteiger partial charge in [-0.25, -0.2) is 4.98 Å². The molecule has 3 aromatic carbocycles. The van der Waals surface area contributed by atoms with Crippen molar-refractivity contribution in [2.75, 3.05) is 0 Å². The first-order chi connectivity index (χ1) is 14.1. The fourth-order valence-corrected chi connectivity index (χ4v) is 2.96. The number of benzene rings is 3. The van der Waals surface area contributed by atoms with Gasteiger partial charge in [-0.1, -0.05) is 35.9 Å². The number of non-ortho nitro benzene ring substituents is 1. The van der Waals surface area contributed by atoms with Gasteiger partial charge in [-0.2, -0.15) is 0 Å². The van der Waals surface area contributed by atoms with Gasteiger partial charge in [0.15, 0.2) is 5.58 Å². The predicted octanol–water partition coefficient (Wildman–Crippen LogP) is 6.47. The van der Waals surface area contributed by atoms with Crippen molar-refractivity contribution in [2.24, 2.45) is 4.99 Å². The molecule has 0 aliphatic heterocycles. The SMILES string of the molecule is O=[N+]([O-])c1cccc(C=CC=Nc2ccc3oc(-c4cccc(Cl)c4)nc3c2)c1. The number of nitro benzene ring substituents is 1. The number of oxazole rings is 1. The third-order valence-electron chi connectivity index (χ3n) is 4.12. The fourth-order valence-electron chi connectivity index (χ4n) is 2.77. The Bertz CT molecular complexity index is 1260. The van der Waals surface area contributed by atoms with Crippen molar-refractivity contribution >= 4 is 46.4 Å². The summed E-state index contributed by atoms with van der Waals surface area (Å²) in [6.45, 7) is 0. The third-order valence-corrected chi connectivity index (χ3v) is 4.36. The number of halogens is 1. The first-order valence-corrected chi connectivity index (χ1v) is 9.08. The molecule has 29 heavy (non-hydrogen) atoms. The van der Waals surface area contributed by atoms with Gasteiger partial charge in [-0.15, -0.1) is 0 Å². The molecule has 1 heterocycles. The van der Waals surface area contributed by atoms with E-state index in [0.29, 0.717) is 27.7 Å². The van der Waals surface area contributed by atoms with Gasteiger partial charge in [0.1, 0.15) is 5.52 Å². The van der Waals surface area contributed by atoms with Gasteiger partial charge in [0, 0.05) is 28.9 Å². The number of hydrogen-bond acceptors (Lipinski definition) is 5. The van der Waals surface area contributed by atoms with E-state index in [2.05, 4.69) is 9.98 Å². The molecule has 6 nitrogen and oxygen atoms in total. The second-order valence-corrected chi connectivity index (χ2v) is 6.61. The van der Waals surface area contributed by atoms with Crippen LogP contribution in [0.2, 0.25) is 5.02 Å². The largest absolute Gasteiger partial charge is 0.436 e. The molecule has 0 spiro atoms. The minimum Gasteiger partial charge on any atom is -0.436 e. The molecule has 1 aromatic heterocycles. The van der Waals surface area contributed by atoms with Crippen molar-refractivity contribution in [2.45, 2.75) is 0 Å². The third kappa shape index (κ3) is 4.39. The zero-order chi connectivity index (χ0) is 20.2. The molecule has 0 radical (unpaired) electrons. The van der Waals surface area contributed by atoms with E-state index >= 15 is 0 Å². The Morgan fingerprint density at radius 3 is 2.76 bits per heavy atom. The van der Waals surface area contributed by atoms with E-state index in [0.717, 1.165) is 11.1 Å². The summed E-state index contributed by atoms with van der Waals surface area (Å²) in [6.07, 6.45) is 5.10. The van der Waals surface area contributed by atoms with Gasteiger partial charge in [0.05, 0.1) is 10.6 Å². The minimum atomic E-state index is -0.420. The molecule has 0 fully saturated rings. The van der Waals surface area contributed by atoms with E-state index in [9.17, 15) is 10.1 Å². The van der Waals surface area contributed by atoms with Crippen LogP contribution in [0.5, 0.6) is 0 Å². The number of nitro groups is 1. The molecule has 0 unspecified atom stereocenters. The van der Waals surface area contributed by atoms with Gasteiger partial charge in [-0.05, 0) is 48.0 Å². The van der Waals surface area contributed by atoms with Gasteiger partial charge >= 0.3 is 0 Å². The Kier molecular flexibility index (Phi) is 5.18. The molecule has 4 rings (SSSR count). The lowest BCUT2D eigenvalue weighted by molar-refractivity contribution is -0.384. The van der Waals surface area contributed by atoms with Crippen LogP contribution in [0.4, 0.5) is 11.4 Å². The van der Waals surface area contributed by atoms with Crippen molar-refractivity contribution in [1.29, 1.82) is 0 Å². The number of nitrogens with zero attached hydrogens (tertiary/aromatic N) is 3. The summed E-state index contributed by atoms with van der Waals surface area (Å²) in [5.41, 5.74) is 3.65. The average molecular weight is 404 g/mol. The van der Waals surface area contributed by atoms with E-state index in [-0.39, 0.29) is 5.69 Å². The molecule has 0 amide bonds. The second-order valence-electron chi connectivity index (χ2n) is 6.17. The topological polar surface area (TPSA) is 81.5 Å². The highest BCUT2D eigenvalue weighted by atomic mass is 35.5. The molecule has 0 saturated carbocycles. The quantitative estimate of drug-likeness (QED) is 0.217. The Balaban J connectivity index is 1.52. The number of allylic oxidation sites excluding steroid dienone is 1. The molecule has 0 bridgehead atoms. The standard InChI is InChI=1S/C22H14ClN3O3/c23-17-7-2-6-16(13-17)22-25-20-14-18(9-10-21(20)29-22)24-11-3-5-15-4-1-8-19(12-15)26(27)28/h1-14H. The highest BCUT2D eigenvalue weighted by Gasteiger charge is 2.09. The van der Waals surface area contributed by atoms with Crippen molar-refractivity contribution < 1.29 is 9.34 Å². The molecular weight excluding hydrogens is 390 g/mol. The van der Waals surface area contributed by atoms with Gasteiger partial charge in [0.25, 0.3) is 5.69 Å². The summed E-state index contributed by atoms with van der Waals surface area (Å²) in [6, 6.07) is 19.2. The van der Waals surface area contributed by atoms with Crippen LogP contribution in [0, 0.1) is 10.1 Å². The van der Waals surface area contributed by atoms with Crippen LogP contribution in [0.25, 0.3) is 28.6 Å². The Morgan fingerprint density at radius 2 is 1.93 bits per heavy atom. The maximum atomic E-state index is 10.8. The number of hydrogen-bond donors (Lipinski definition) is 0. The zero-order valence-corrected chi connectivity index (χ0v) is 15.8. The summed E-state index contributed by atoms with van der Waals surface area (Å²) >= 11 is 6.03. The first kappa shape index (κ1) is 18.6. The van der Waals surface area contributed by atoms with Gasteiger partial charge < -0.3 is 4.42 Å². The Labute approximate surface area is 170 Å². The molecule has 0 atom stereocenters. The normalized spacial score (nSPS) is 11.6. The molecule has 142 valence electrons. The highest BCUT2D eigenvalue weighted by Crippen LogP contribution is 2.28. The Hall–Kier alpha value is -3.77. The van der Waals surface area contributed by atoms with Gasteiger partial charge in [-0.3, -0.25) is 15.1 Å². The number of fused-ring (bicyclic) bond motifs is 1. The second kappa shape index (κ2) is 8.08. The monoisotopic (exact) mass is 403 g/mol. The highest BCUT2D eigenvalue weighted by molar-refractivity contribution is 6.30. The van der Waals surface area contributed by atoms with Crippen LogP contribution < -0.4 is 0 Å².